The zero-order valence-corrected chi connectivity index (χ0v) is 12.5. The van der Waals surface area contributed by atoms with Crippen molar-refractivity contribution in [2.75, 3.05) is 0 Å². The molecule has 1 amide bonds. The molecule has 24 heavy (non-hydrogen) atoms. The highest BCUT2D eigenvalue weighted by Gasteiger charge is 2.26. The van der Waals surface area contributed by atoms with Crippen molar-refractivity contribution in [3.8, 4) is 0 Å². The summed E-state index contributed by atoms with van der Waals surface area (Å²) in [7, 11) is 0. The van der Waals surface area contributed by atoms with Gasteiger partial charge in [0.25, 0.3) is 0 Å². The summed E-state index contributed by atoms with van der Waals surface area (Å²) in [5.41, 5.74) is 5.03. The van der Waals surface area contributed by atoms with Crippen molar-refractivity contribution in [1.82, 2.24) is 5.32 Å². The Morgan fingerprint density at radius 1 is 1.33 bits per heavy atom. The zero-order chi connectivity index (χ0) is 18.3. The molecule has 10 heteroatoms. The lowest BCUT2D eigenvalue weighted by atomic mass is 10.00. The first-order valence-electron chi connectivity index (χ1n) is 6.88. The van der Waals surface area contributed by atoms with Crippen LogP contribution in [0.3, 0.4) is 0 Å². The van der Waals surface area contributed by atoms with E-state index in [1.807, 2.05) is 0 Å². The molecule has 0 saturated heterocycles. The van der Waals surface area contributed by atoms with E-state index in [0.717, 1.165) is 6.21 Å². The molecular weight excluding hydrogens is 322 g/mol. The number of carbonyl (C=O) groups excluding carboxylic acids is 1. The van der Waals surface area contributed by atoms with Crippen molar-refractivity contribution in [3.05, 3.63) is 23.4 Å². The van der Waals surface area contributed by atoms with Crippen LogP contribution < -0.4 is 11.1 Å². The Morgan fingerprint density at radius 2 is 2.00 bits per heavy atom. The fraction of sp³-hybridized carbons (Fsp3) is 0.357. The summed E-state index contributed by atoms with van der Waals surface area (Å²) in [6, 6.07) is -2.28. The summed E-state index contributed by atoms with van der Waals surface area (Å²) >= 11 is 0. The largest absolute Gasteiger partial charge is 0.480 e. The first-order valence-corrected chi connectivity index (χ1v) is 6.88. The maximum absolute atomic E-state index is 11.0. The third-order valence-corrected chi connectivity index (χ3v) is 3.13. The minimum atomic E-state index is -1.31. The highest BCUT2D eigenvalue weighted by Crippen LogP contribution is 2.16. The first-order chi connectivity index (χ1) is 11.2. The maximum atomic E-state index is 11.0. The van der Waals surface area contributed by atoms with Gasteiger partial charge in [-0.25, -0.2) is 14.4 Å². The van der Waals surface area contributed by atoms with E-state index in [2.05, 4.69) is 10.3 Å². The molecule has 6 N–H and O–H groups in total. The molecule has 0 aromatic rings. The van der Waals surface area contributed by atoms with Gasteiger partial charge < -0.3 is 26.4 Å². The van der Waals surface area contributed by atoms with Gasteiger partial charge in [-0.3, -0.25) is 9.79 Å². The normalized spacial score (nSPS) is 20.2. The van der Waals surface area contributed by atoms with E-state index in [1.165, 1.54) is 12.2 Å². The number of allylic oxidation sites excluding steroid dienone is 2. The van der Waals surface area contributed by atoms with Crippen molar-refractivity contribution in [2.45, 2.75) is 31.3 Å². The van der Waals surface area contributed by atoms with Crippen LogP contribution in [0.4, 0.5) is 0 Å². The molecule has 0 aliphatic carbocycles. The van der Waals surface area contributed by atoms with E-state index in [1.54, 1.807) is 0 Å². The second-order valence-corrected chi connectivity index (χ2v) is 5.00. The number of carboxylic acid groups (broad SMARTS) is 3. The van der Waals surface area contributed by atoms with Crippen LogP contribution in [0, 0.1) is 0 Å². The molecule has 0 aromatic carbocycles. The lowest BCUT2D eigenvalue weighted by molar-refractivity contribution is -0.140. The van der Waals surface area contributed by atoms with E-state index in [-0.39, 0.29) is 25.0 Å². The Balaban J connectivity index is 2.90. The number of nitrogens with two attached hydrogens (primary N) is 1. The molecule has 1 heterocycles. The van der Waals surface area contributed by atoms with Gasteiger partial charge in [0.1, 0.15) is 17.8 Å². The number of hydrogen-bond acceptors (Lipinski definition) is 6. The summed E-state index contributed by atoms with van der Waals surface area (Å²) in [5, 5.41) is 29.3. The summed E-state index contributed by atoms with van der Waals surface area (Å²) in [4.78, 5) is 47.5. The number of nitrogens with one attached hydrogen (secondary N) is 1. The molecule has 130 valence electrons. The van der Waals surface area contributed by atoms with Crippen molar-refractivity contribution in [2.24, 2.45) is 10.7 Å². The number of hydrogen-bond donors (Lipinski definition) is 5. The Hall–Kier alpha value is -3.17. The summed E-state index contributed by atoms with van der Waals surface area (Å²) in [6.07, 6.45) is 3.53. The van der Waals surface area contributed by atoms with Crippen molar-refractivity contribution < 1.29 is 34.5 Å². The molecule has 2 atom stereocenters. The molecule has 1 rings (SSSR count). The zero-order valence-electron chi connectivity index (χ0n) is 12.5. The number of carboxylic acids is 3. The fourth-order valence-corrected chi connectivity index (χ4v) is 1.93. The number of rotatable bonds is 8. The number of primary amides is 1. The van der Waals surface area contributed by atoms with Crippen LogP contribution in [0.1, 0.15) is 19.3 Å². The van der Waals surface area contributed by atoms with Crippen molar-refractivity contribution in [1.29, 1.82) is 0 Å². The van der Waals surface area contributed by atoms with Gasteiger partial charge >= 0.3 is 17.9 Å². The third-order valence-electron chi connectivity index (χ3n) is 3.13. The smallest absolute Gasteiger partial charge is 0.351 e. The Morgan fingerprint density at radius 3 is 2.50 bits per heavy atom. The van der Waals surface area contributed by atoms with Crippen LogP contribution in [-0.2, 0) is 19.2 Å². The molecule has 0 radical (unpaired) electrons. The molecular formula is C14H17N3O7. The highest BCUT2D eigenvalue weighted by molar-refractivity contribution is 5.90. The molecule has 0 bridgehead atoms. The van der Waals surface area contributed by atoms with Crippen LogP contribution in [0.25, 0.3) is 0 Å². The van der Waals surface area contributed by atoms with E-state index < -0.39 is 35.9 Å². The number of nitrogens with zero attached hydrogens (tertiary/aromatic N) is 1. The molecule has 0 fully saturated rings. The quantitative estimate of drug-likeness (QED) is 0.353. The van der Waals surface area contributed by atoms with Crippen molar-refractivity contribution >= 4 is 30.0 Å². The second kappa shape index (κ2) is 8.46. The highest BCUT2D eigenvalue weighted by atomic mass is 16.4. The van der Waals surface area contributed by atoms with E-state index >= 15 is 0 Å². The lowest BCUT2D eigenvalue weighted by Gasteiger charge is -2.21. The SMILES string of the molecule is NC(=O)CC[C@@H](N=CC=C1C=C(C(=O)O)N[C@H](C(=O)O)C1)C(=O)O. The molecule has 1 aliphatic rings. The molecule has 0 aromatic heterocycles. The van der Waals surface area contributed by atoms with E-state index in [9.17, 15) is 19.2 Å². The van der Waals surface area contributed by atoms with E-state index in [4.69, 9.17) is 21.1 Å². The van der Waals surface area contributed by atoms with Crippen LogP contribution in [-0.4, -0.2) is 57.4 Å². The van der Waals surface area contributed by atoms with Gasteiger partial charge in [0.2, 0.25) is 5.91 Å². The summed E-state index contributed by atoms with van der Waals surface area (Å²) in [6.45, 7) is 0. The summed E-state index contributed by atoms with van der Waals surface area (Å²) in [5.74, 6) is -4.41. The number of amides is 1. The van der Waals surface area contributed by atoms with Gasteiger partial charge in [-0.1, -0.05) is 0 Å². The second-order valence-electron chi connectivity index (χ2n) is 5.00. The minimum absolute atomic E-state index is 0.0111. The van der Waals surface area contributed by atoms with Crippen molar-refractivity contribution in [3.63, 3.8) is 0 Å². The van der Waals surface area contributed by atoms with Crippen LogP contribution in [0.2, 0.25) is 0 Å². The third kappa shape index (κ3) is 5.91. The molecule has 0 spiro atoms. The first kappa shape index (κ1) is 18.9. The summed E-state index contributed by atoms with van der Waals surface area (Å²) < 4.78 is 0. The molecule has 10 nitrogen and oxygen atoms in total. The average molecular weight is 339 g/mol. The number of aliphatic carboxylic acids is 3. The Bertz CT molecular complexity index is 636. The number of aliphatic imine (C=N–C) groups is 1. The van der Waals surface area contributed by atoms with Gasteiger partial charge in [-0.15, -0.1) is 0 Å². The van der Waals surface area contributed by atoms with Crippen LogP contribution in [0.5, 0.6) is 0 Å². The minimum Gasteiger partial charge on any atom is -0.480 e. The van der Waals surface area contributed by atoms with Gasteiger partial charge in [0.15, 0.2) is 0 Å². The monoisotopic (exact) mass is 339 g/mol. The van der Waals surface area contributed by atoms with Gasteiger partial charge in [-0.05, 0) is 24.1 Å². The predicted molar refractivity (Wildman–Crippen MR) is 81.3 cm³/mol. The topological polar surface area (TPSA) is 179 Å². The number of carbonyl (C=O) groups is 4. The molecule has 1 aliphatic heterocycles. The Kier molecular flexibility index (Phi) is 6.65. The van der Waals surface area contributed by atoms with Gasteiger partial charge in [0.05, 0.1) is 0 Å². The predicted octanol–water partition coefficient (Wildman–Crippen LogP) is -0.883. The van der Waals surface area contributed by atoms with Gasteiger partial charge in [0, 0.05) is 19.1 Å². The lowest BCUT2D eigenvalue weighted by Crippen LogP contribution is -2.41. The van der Waals surface area contributed by atoms with Gasteiger partial charge in [-0.2, -0.15) is 0 Å². The maximum Gasteiger partial charge on any atom is 0.351 e. The molecule has 0 saturated carbocycles. The van der Waals surface area contributed by atoms with Crippen LogP contribution in [0.15, 0.2) is 28.4 Å². The fourth-order valence-electron chi connectivity index (χ4n) is 1.93. The Labute approximate surface area is 136 Å². The standard InChI is InChI=1S/C14H17N3O7/c15-11(18)2-1-8(12(19)20)16-4-3-7-5-9(13(21)22)17-10(6-7)14(23)24/h3-5,8,10,17H,1-2,6H2,(H2,15,18)(H,19,20)(H,21,22)(H,23,24)/t8-,10+/m1/s1. The molecule has 0 unspecified atom stereocenters. The average Bonchev–Trinajstić information content (AvgIpc) is 2.49. The van der Waals surface area contributed by atoms with E-state index in [0.29, 0.717) is 5.57 Å². The van der Waals surface area contributed by atoms with Crippen LogP contribution >= 0.6 is 0 Å².